The number of nitrogens with zero attached hydrogens (tertiary/aromatic N) is 1. The maximum atomic E-state index is 4.66. The molecule has 0 saturated carbocycles. The van der Waals surface area contributed by atoms with Gasteiger partial charge in [0.25, 0.3) is 0 Å². The van der Waals surface area contributed by atoms with Gasteiger partial charge in [0, 0.05) is 6.21 Å². The summed E-state index contributed by atoms with van der Waals surface area (Å²) in [6.45, 7) is 4.55. The van der Waals surface area contributed by atoms with Crippen LogP contribution in [0.4, 0.5) is 0 Å². The van der Waals surface area contributed by atoms with E-state index in [0.29, 0.717) is 5.92 Å². The third kappa shape index (κ3) is 2.66. The van der Waals surface area contributed by atoms with Crippen molar-refractivity contribution < 1.29 is 0 Å². The third-order valence-corrected chi connectivity index (χ3v) is 3.91. The van der Waals surface area contributed by atoms with Crippen molar-refractivity contribution in [2.24, 2.45) is 10.9 Å². The topological polar surface area (TPSA) is 12.4 Å². The second-order valence-corrected chi connectivity index (χ2v) is 4.91. The minimum atomic E-state index is 0.0643. The van der Waals surface area contributed by atoms with Crippen molar-refractivity contribution in [3.63, 3.8) is 0 Å². The molecule has 1 aliphatic heterocycles. The Bertz CT molecular complexity index is 391. The van der Waals surface area contributed by atoms with Gasteiger partial charge in [-0.15, -0.1) is 0 Å². The van der Waals surface area contributed by atoms with E-state index in [1.807, 2.05) is 6.21 Å². The molecule has 17 heavy (non-hydrogen) atoms. The summed E-state index contributed by atoms with van der Waals surface area (Å²) in [6, 6.07) is 10.7. The number of hydrogen-bond donors (Lipinski definition) is 0. The number of allylic oxidation sites excluding steroid dienone is 1. The summed E-state index contributed by atoms with van der Waals surface area (Å²) >= 11 is 0. The molecule has 1 heterocycles. The van der Waals surface area contributed by atoms with Crippen LogP contribution in [0.25, 0.3) is 0 Å². The molecular formula is C16H21N. The van der Waals surface area contributed by atoms with Crippen molar-refractivity contribution in [1.82, 2.24) is 0 Å². The molecule has 1 heteroatoms. The number of hydrogen-bond acceptors (Lipinski definition) is 1. The average Bonchev–Trinajstić information content (AvgIpc) is 2.87. The van der Waals surface area contributed by atoms with Crippen molar-refractivity contribution in [2.45, 2.75) is 38.6 Å². The molecule has 0 spiro atoms. The molecule has 2 unspecified atom stereocenters. The lowest BCUT2D eigenvalue weighted by molar-refractivity contribution is 0.336. The SMILES string of the molecule is CCC1(C(C)CCc2ccccc2)C=CC=N1. The van der Waals surface area contributed by atoms with E-state index in [-0.39, 0.29) is 5.54 Å². The maximum Gasteiger partial charge on any atom is 0.0814 e. The van der Waals surface area contributed by atoms with Gasteiger partial charge in [0.15, 0.2) is 0 Å². The predicted octanol–water partition coefficient (Wildman–Crippen LogP) is 4.04. The second-order valence-electron chi connectivity index (χ2n) is 4.91. The lowest BCUT2D eigenvalue weighted by Gasteiger charge is -2.30. The zero-order chi connectivity index (χ0) is 12.1. The molecular weight excluding hydrogens is 206 g/mol. The van der Waals surface area contributed by atoms with Gasteiger partial charge in [-0.1, -0.05) is 50.3 Å². The normalized spacial score (nSPS) is 24.1. The molecule has 2 atom stereocenters. The fourth-order valence-corrected chi connectivity index (χ4v) is 2.56. The highest BCUT2D eigenvalue weighted by Gasteiger charge is 2.31. The fourth-order valence-electron chi connectivity index (χ4n) is 2.56. The molecule has 90 valence electrons. The molecule has 0 amide bonds. The van der Waals surface area contributed by atoms with Crippen molar-refractivity contribution >= 4 is 6.21 Å². The van der Waals surface area contributed by atoms with Crippen molar-refractivity contribution in [2.75, 3.05) is 0 Å². The van der Waals surface area contributed by atoms with Crippen LogP contribution in [0.1, 0.15) is 32.3 Å². The largest absolute Gasteiger partial charge is 0.282 e. The van der Waals surface area contributed by atoms with Crippen molar-refractivity contribution in [3.05, 3.63) is 48.0 Å². The molecule has 0 radical (unpaired) electrons. The summed E-state index contributed by atoms with van der Waals surface area (Å²) in [7, 11) is 0. The smallest absolute Gasteiger partial charge is 0.0814 e. The van der Waals surface area contributed by atoms with E-state index in [1.54, 1.807) is 0 Å². The van der Waals surface area contributed by atoms with Gasteiger partial charge in [-0.2, -0.15) is 0 Å². The van der Waals surface area contributed by atoms with Crippen LogP contribution in [0.2, 0.25) is 0 Å². The maximum absolute atomic E-state index is 4.66. The standard InChI is InChI=1S/C16H21N/c1-3-16(12-7-13-17-16)14(2)10-11-15-8-5-4-6-9-15/h4-9,12-14H,3,10-11H2,1-2H3. The summed E-state index contributed by atoms with van der Waals surface area (Å²) in [6.07, 6.45) is 9.73. The van der Waals surface area contributed by atoms with E-state index in [4.69, 9.17) is 0 Å². The van der Waals surface area contributed by atoms with Crippen LogP contribution in [0.5, 0.6) is 0 Å². The van der Waals surface area contributed by atoms with E-state index in [9.17, 15) is 0 Å². The molecule has 1 aromatic carbocycles. The van der Waals surface area contributed by atoms with Gasteiger partial charge < -0.3 is 0 Å². The zero-order valence-corrected chi connectivity index (χ0v) is 10.8. The van der Waals surface area contributed by atoms with Gasteiger partial charge in [0.05, 0.1) is 5.54 Å². The first-order valence-corrected chi connectivity index (χ1v) is 6.54. The van der Waals surface area contributed by atoms with Crippen molar-refractivity contribution in [1.29, 1.82) is 0 Å². The number of rotatable bonds is 5. The van der Waals surface area contributed by atoms with Crippen LogP contribution in [0, 0.1) is 5.92 Å². The molecule has 1 nitrogen and oxygen atoms in total. The Balaban J connectivity index is 1.95. The Morgan fingerprint density at radius 3 is 2.59 bits per heavy atom. The van der Waals surface area contributed by atoms with Crippen LogP contribution in [0.15, 0.2) is 47.5 Å². The van der Waals surface area contributed by atoms with Crippen molar-refractivity contribution in [3.8, 4) is 0 Å². The van der Waals surface area contributed by atoms with Crippen LogP contribution in [0.3, 0.4) is 0 Å². The molecule has 0 aromatic heterocycles. The summed E-state index contributed by atoms with van der Waals surface area (Å²) in [5.41, 5.74) is 1.49. The van der Waals surface area contributed by atoms with Gasteiger partial charge >= 0.3 is 0 Å². The first kappa shape index (κ1) is 12.1. The van der Waals surface area contributed by atoms with Crippen LogP contribution in [-0.2, 0) is 6.42 Å². The molecule has 2 rings (SSSR count). The first-order chi connectivity index (χ1) is 8.27. The Kier molecular flexibility index (Phi) is 3.78. The highest BCUT2D eigenvalue weighted by atomic mass is 14.9. The minimum Gasteiger partial charge on any atom is -0.282 e. The zero-order valence-electron chi connectivity index (χ0n) is 10.8. The van der Waals surface area contributed by atoms with Crippen LogP contribution < -0.4 is 0 Å². The van der Waals surface area contributed by atoms with Gasteiger partial charge in [-0.05, 0) is 36.8 Å². The Morgan fingerprint density at radius 2 is 2.00 bits per heavy atom. The summed E-state index contributed by atoms with van der Waals surface area (Å²) < 4.78 is 0. The molecule has 1 aromatic rings. The van der Waals surface area contributed by atoms with E-state index < -0.39 is 0 Å². The van der Waals surface area contributed by atoms with Crippen LogP contribution >= 0.6 is 0 Å². The molecule has 0 fully saturated rings. The van der Waals surface area contributed by atoms with E-state index in [2.05, 4.69) is 61.3 Å². The Morgan fingerprint density at radius 1 is 1.24 bits per heavy atom. The molecule has 0 aliphatic carbocycles. The summed E-state index contributed by atoms with van der Waals surface area (Å²) in [4.78, 5) is 4.66. The fraction of sp³-hybridized carbons (Fsp3) is 0.438. The predicted molar refractivity (Wildman–Crippen MR) is 74.6 cm³/mol. The molecule has 1 aliphatic rings. The molecule has 0 bridgehead atoms. The average molecular weight is 227 g/mol. The number of aryl methyl sites for hydroxylation is 1. The summed E-state index contributed by atoms with van der Waals surface area (Å²) in [5, 5.41) is 0. The third-order valence-electron chi connectivity index (χ3n) is 3.91. The Labute approximate surface area is 104 Å². The van der Waals surface area contributed by atoms with E-state index in [0.717, 1.165) is 12.8 Å². The monoisotopic (exact) mass is 227 g/mol. The van der Waals surface area contributed by atoms with Gasteiger partial charge in [-0.25, -0.2) is 0 Å². The molecule has 0 saturated heterocycles. The quantitative estimate of drug-likeness (QED) is 0.719. The number of benzene rings is 1. The van der Waals surface area contributed by atoms with Gasteiger partial charge in [0.1, 0.15) is 0 Å². The van der Waals surface area contributed by atoms with Crippen LogP contribution in [-0.4, -0.2) is 11.8 Å². The van der Waals surface area contributed by atoms with Gasteiger partial charge in [-0.3, -0.25) is 4.99 Å². The minimum absolute atomic E-state index is 0.0643. The van der Waals surface area contributed by atoms with E-state index in [1.165, 1.54) is 12.0 Å². The second kappa shape index (κ2) is 5.31. The lowest BCUT2D eigenvalue weighted by atomic mass is 9.80. The number of aliphatic imine (C=N–C) groups is 1. The highest BCUT2D eigenvalue weighted by Crippen LogP contribution is 2.33. The molecule has 0 N–H and O–H groups in total. The van der Waals surface area contributed by atoms with Gasteiger partial charge in [0.2, 0.25) is 0 Å². The highest BCUT2D eigenvalue weighted by molar-refractivity contribution is 5.75. The lowest BCUT2D eigenvalue weighted by Crippen LogP contribution is -2.30. The van der Waals surface area contributed by atoms with E-state index >= 15 is 0 Å². The summed E-state index contributed by atoms with van der Waals surface area (Å²) in [5.74, 6) is 0.600. The Hall–Kier alpha value is -1.37. The first-order valence-electron chi connectivity index (χ1n) is 6.54.